The number of ether oxygens (including phenoxy) is 2. The first-order valence-electron chi connectivity index (χ1n) is 10.8. The van der Waals surface area contributed by atoms with E-state index in [-0.39, 0.29) is 30.8 Å². The van der Waals surface area contributed by atoms with Crippen LogP contribution in [0.1, 0.15) is 37.1 Å². The summed E-state index contributed by atoms with van der Waals surface area (Å²) in [4.78, 5) is 39.8. The van der Waals surface area contributed by atoms with E-state index in [1.54, 1.807) is 11.1 Å². The Morgan fingerprint density at radius 1 is 1.10 bits per heavy atom. The van der Waals surface area contributed by atoms with Crippen molar-refractivity contribution in [1.29, 1.82) is 0 Å². The predicted molar refractivity (Wildman–Crippen MR) is 110 cm³/mol. The Bertz CT molecular complexity index is 781. The highest BCUT2D eigenvalue weighted by molar-refractivity contribution is 5.93. The number of fused-ring (bicyclic) bond motifs is 1. The predicted octanol–water partition coefficient (Wildman–Crippen LogP) is 1.25. The van der Waals surface area contributed by atoms with Gasteiger partial charge in [-0.2, -0.15) is 0 Å². The summed E-state index contributed by atoms with van der Waals surface area (Å²) in [7, 11) is 3.48. The molecule has 2 aliphatic heterocycles. The zero-order valence-corrected chi connectivity index (χ0v) is 17.9. The van der Waals surface area contributed by atoms with Gasteiger partial charge in [-0.25, -0.2) is 14.6 Å². The van der Waals surface area contributed by atoms with Crippen molar-refractivity contribution in [3.05, 3.63) is 17.6 Å². The van der Waals surface area contributed by atoms with Gasteiger partial charge >= 0.3 is 12.0 Å². The van der Waals surface area contributed by atoms with E-state index in [9.17, 15) is 9.59 Å². The molecule has 164 valence electrons. The van der Waals surface area contributed by atoms with Gasteiger partial charge < -0.3 is 19.3 Å². The van der Waals surface area contributed by atoms with Crippen LogP contribution in [-0.4, -0.2) is 90.9 Å². The van der Waals surface area contributed by atoms with E-state index in [4.69, 9.17) is 9.72 Å². The number of carbonyl (C=O) groups excluding carboxylic acids is 2. The van der Waals surface area contributed by atoms with E-state index in [2.05, 4.69) is 21.7 Å². The van der Waals surface area contributed by atoms with E-state index in [1.807, 2.05) is 4.90 Å². The molecule has 30 heavy (non-hydrogen) atoms. The highest BCUT2D eigenvalue weighted by Gasteiger charge is 2.37. The number of methoxy groups -OCH3 is 1. The molecule has 0 bridgehead atoms. The Hall–Kier alpha value is -2.26. The SMILES string of the molecule is COC(=O)COC1CCC(N2CCN(c3cnc4c(n3)CCN(C)CC4)C2=O)CC1. The molecular weight excluding hydrogens is 386 g/mol. The van der Waals surface area contributed by atoms with Crippen LogP contribution in [0.15, 0.2) is 6.20 Å². The standard InChI is InChI=1S/C21H31N5O4/c1-24-9-7-17-18(8-10-24)23-19(13-22-17)26-12-11-25(21(26)28)15-3-5-16(6-4-15)30-14-20(27)29-2/h13,15-16H,3-12,14H2,1-2H3. The van der Waals surface area contributed by atoms with Gasteiger partial charge in [0.25, 0.3) is 0 Å². The Labute approximate surface area is 177 Å². The van der Waals surface area contributed by atoms with Crippen LogP contribution in [-0.2, 0) is 27.1 Å². The van der Waals surface area contributed by atoms with Crippen LogP contribution in [0.25, 0.3) is 0 Å². The first-order chi connectivity index (χ1) is 14.5. The highest BCUT2D eigenvalue weighted by atomic mass is 16.6. The van der Waals surface area contributed by atoms with Crippen molar-refractivity contribution in [3.63, 3.8) is 0 Å². The van der Waals surface area contributed by atoms with E-state index >= 15 is 0 Å². The molecular formula is C21H31N5O4. The molecule has 0 aromatic carbocycles. The minimum absolute atomic E-state index is 0.00492. The number of hydrogen-bond donors (Lipinski definition) is 0. The van der Waals surface area contributed by atoms with Crippen molar-refractivity contribution < 1.29 is 19.1 Å². The average molecular weight is 418 g/mol. The van der Waals surface area contributed by atoms with Crippen LogP contribution in [0, 0.1) is 0 Å². The topological polar surface area (TPSA) is 88.1 Å². The normalized spacial score (nSPS) is 25.2. The molecule has 1 saturated carbocycles. The zero-order valence-electron chi connectivity index (χ0n) is 17.9. The third-order valence-electron chi connectivity index (χ3n) is 6.45. The molecule has 3 aliphatic rings. The van der Waals surface area contributed by atoms with Crippen molar-refractivity contribution in [2.75, 3.05) is 51.8 Å². The fourth-order valence-electron chi connectivity index (χ4n) is 4.56. The van der Waals surface area contributed by atoms with Crippen molar-refractivity contribution in [1.82, 2.24) is 19.8 Å². The molecule has 0 spiro atoms. The van der Waals surface area contributed by atoms with Crippen LogP contribution in [0.3, 0.4) is 0 Å². The van der Waals surface area contributed by atoms with Crippen LogP contribution < -0.4 is 4.90 Å². The molecule has 2 amide bonds. The molecule has 9 heteroatoms. The van der Waals surface area contributed by atoms with E-state index in [0.29, 0.717) is 18.9 Å². The summed E-state index contributed by atoms with van der Waals surface area (Å²) in [6.45, 7) is 3.30. The van der Waals surface area contributed by atoms with E-state index < -0.39 is 0 Å². The monoisotopic (exact) mass is 417 g/mol. The Morgan fingerprint density at radius 2 is 1.83 bits per heavy atom. The summed E-state index contributed by atoms with van der Waals surface area (Å²) < 4.78 is 10.2. The number of aromatic nitrogens is 2. The quantitative estimate of drug-likeness (QED) is 0.666. The molecule has 1 aromatic rings. The average Bonchev–Trinajstić information content (AvgIpc) is 3.05. The first kappa shape index (κ1) is 21.0. The maximum absolute atomic E-state index is 13.1. The van der Waals surface area contributed by atoms with Gasteiger partial charge in [0, 0.05) is 45.1 Å². The van der Waals surface area contributed by atoms with Crippen molar-refractivity contribution in [3.8, 4) is 0 Å². The summed E-state index contributed by atoms with van der Waals surface area (Å²) in [5.74, 6) is 0.317. The molecule has 3 heterocycles. The van der Waals surface area contributed by atoms with Crippen molar-refractivity contribution in [2.24, 2.45) is 0 Å². The van der Waals surface area contributed by atoms with Gasteiger partial charge in [0.2, 0.25) is 0 Å². The summed E-state index contributed by atoms with van der Waals surface area (Å²) in [5.41, 5.74) is 2.07. The largest absolute Gasteiger partial charge is 0.467 e. The number of nitrogens with zero attached hydrogens (tertiary/aromatic N) is 5. The second kappa shape index (κ2) is 9.26. The maximum Gasteiger partial charge on any atom is 0.331 e. The molecule has 0 radical (unpaired) electrons. The molecule has 0 N–H and O–H groups in total. The second-order valence-electron chi connectivity index (χ2n) is 8.37. The van der Waals surface area contributed by atoms with Crippen molar-refractivity contribution in [2.45, 2.75) is 50.7 Å². The summed E-state index contributed by atoms with van der Waals surface area (Å²) in [6.07, 6.45) is 7.04. The second-order valence-corrected chi connectivity index (χ2v) is 8.37. The third kappa shape index (κ3) is 4.57. The Balaban J connectivity index is 1.34. The van der Waals surface area contributed by atoms with Crippen LogP contribution in [0.4, 0.5) is 10.6 Å². The van der Waals surface area contributed by atoms with Gasteiger partial charge in [0.1, 0.15) is 6.61 Å². The lowest BCUT2D eigenvalue weighted by Crippen LogP contribution is -2.42. The minimum Gasteiger partial charge on any atom is -0.467 e. The number of anilines is 1. The summed E-state index contributed by atoms with van der Waals surface area (Å²) in [5, 5.41) is 0. The van der Waals surface area contributed by atoms with Gasteiger partial charge in [0.15, 0.2) is 5.82 Å². The van der Waals surface area contributed by atoms with Gasteiger partial charge in [0.05, 0.1) is 30.8 Å². The number of likely N-dealkylation sites (N-methyl/N-ethyl adjacent to an activating group) is 1. The number of rotatable bonds is 5. The molecule has 1 saturated heterocycles. The number of amides is 2. The van der Waals surface area contributed by atoms with Crippen LogP contribution in [0.5, 0.6) is 0 Å². The lowest BCUT2D eigenvalue weighted by atomic mass is 9.92. The molecule has 4 rings (SSSR count). The van der Waals surface area contributed by atoms with Gasteiger partial charge in [-0.15, -0.1) is 0 Å². The molecule has 9 nitrogen and oxygen atoms in total. The summed E-state index contributed by atoms with van der Waals surface area (Å²) >= 11 is 0. The van der Waals surface area contributed by atoms with Gasteiger partial charge in [-0.3, -0.25) is 9.88 Å². The van der Waals surface area contributed by atoms with Gasteiger partial charge in [-0.05, 0) is 32.7 Å². The van der Waals surface area contributed by atoms with Gasteiger partial charge in [-0.1, -0.05) is 0 Å². The number of esters is 1. The molecule has 1 aromatic heterocycles. The zero-order chi connectivity index (χ0) is 21.1. The Morgan fingerprint density at radius 3 is 2.57 bits per heavy atom. The molecule has 0 atom stereocenters. The lowest BCUT2D eigenvalue weighted by molar-refractivity contribution is -0.148. The maximum atomic E-state index is 13.1. The smallest absolute Gasteiger partial charge is 0.331 e. The number of hydrogen-bond acceptors (Lipinski definition) is 7. The lowest BCUT2D eigenvalue weighted by Gasteiger charge is -2.34. The van der Waals surface area contributed by atoms with E-state index in [1.165, 1.54) is 7.11 Å². The highest BCUT2D eigenvalue weighted by Crippen LogP contribution is 2.29. The third-order valence-corrected chi connectivity index (χ3v) is 6.45. The summed E-state index contributed by atoms with van der Waals surface area (Å²) in [6, 6.07) is 0.233. The molecule has 2 fully saturated rings. The van der Waals surface area contributed by atoms with Crippen molar-refractivity contribution >= 4 is 17.8 Å². The molecule has 0 unspecified atom stereocenters. The fraction of sp³-hybridized carbons (Fsp3) is 0.714. The first-order valence-corrected chi connectivity index (χ1v) is 10.8. The Kier molecular flexibility index (Phi) is 6.48. The number of carbonyl (C=O) groups is 2. The van der Waals surface area contributed by atoms with Crippen LogP contribution in [0.2, 0.25) is 0 Å². The molecule has 1 aliphatic carbocycles. The van der Waals surface area contributed by atoms with E-state index in [0.717, 1.165) is 63.0 Å². The number of urea groups is 1. The van der Waals surface area contributed by atoms with Crippen LogP contribution >= 0.6 is 0 Å². The minimum atomic E-state index is -0.351. The fourth-order valence-corrected chi connectivity index (χ4v) is 4.56.